The van der Waals surface area contributed by atoms with Crippen LogP contribution in [0.15, 0.2) is 24.3 Å². The van der Waals surface area contributed by atoms with Gasteiger partial charge in [0.25, 0.3) is 0 Å². The van der Waals surface area contributed by atoms with Crippen LogP contribution in [-0.2, 0) is 11.3 Å². The first kappa shape index (κ1) is 16.3. The molecule has 1 heterocycles. The van der Waals surface area contributed by atoms with Gasteiger partial charge in [0.2, 0.25) is 0 Å². The number of aliphatic hydroxyl groups is 1. The van der Waals surface area contributed by atoms with Gasteiger partial charge in [-0.05, 0) is 32.4 Å². The molecule has 1 aromatic carbocycles. The Morgan fingerprint density at radius 3 is 2.76 bits per heavy atom. The topological polar surface area (TPSA) is 35.9 Å². The van der Waals surface area contributed by atoms with Gasteiger partial charge in [0.1, 0.15) is 0 Å². The Hall–Kier alpha value is -1.10. The van der Waals surface area contributed by atoms with E-state index >= 15 is 0 Å². The molecule has 4 heteroatoms. The summed E-state index contributed by atoms with van der Waals surface area (Å²) in [7, 11) is 2.14. The molecule has 1 N–H and O–H groups in total. The van der Waals surface area contributed by atoms with Gasteiger partial charge in [-0.2, -0.15) is 0 Å². The van der Waals surface area contributed by atoms with Crippen LogP contribution in [0.2, 0.25) is 0 Å². The zero-order valence-electron chi connectivity index (χ0n) is 13.6. The lowest BCUT2D eigenvalue weighted by atomic mass is 10.1. The Balaban J connectivity index is 2.03. The number of benzene rings is 1. The lowest BCUT2D eigenvalue weighted by Crippen LogP contribution is -2.43. The molecule has 2 unspecified atom stereocenters. The summed E-state index contributed by atoms with van der Waals surface area (Å²) in [6, 6.07) is 8.91. The van der Waals surface area contributed by atoms with Gasteiger partial charge in [-0.25, -0.2) is 0 Å². The van der Waals surface area contributed by atoms with Crippen LogP contribution in [0.4, 0.5) is 5.69 Å². The molecule has 1 aliphatic heterocycles. The first-order valence-electron chi connectivity index (χ1n) is 7.80. The van der Waals surface area contributed by atoms with E-state index in [0.717, 1.165) is 13.1 Å². The van der Waals surface area contributed by atoms with Crippen molar-refractivity contribution in [3.8, 4) is 0 Å². The molecule has 0 bridgehead atoms. The number of hydrogen-bond donors (Lipinski definition) is 1. The lowest BCUT2D eigenvalue weighted by Gasteiger charge is -2.30. The van der Waals surface area contributed by atoms with Crippen LogP contribution in [0, 0.1) is 0 Å². The maximum atomic E-state index is 10.2. The van der Waals surface area contributed by atoms with Gasteiger partial charge < -0.3 is 14.7 Å². The molecule has 2 rings (SSSR count). The molecule has 0 saturated heterocycles. The smallest absolute Gasteiger partial charge is 0.0900 e. The number of fused-ring (bicyclic) bond motifs is 1. The predicted octanol–water partition coefficient (Wildman–Crippen LogP) is 2.11. The normalized spacial score (nSPS) is 21.2. The summed E-state index contributed by atoms with van der Waals surface area (Å²) in [6.07, 6.45) is -0.279. The quantitative estimate of drug-likeness (QED) is 0.902. The number of hydrogen-bond acceptors (Lipinski definition) is 4. The average Bonchev–Trinajstić information content (AvgIpc) is 2.55. The van der Waals surface area contributed by atoms with E-state index in [2.05, 4.69) is 48.0 Å². The second kappa shape index (κ2) is 7.25. The molecule has 1 aliphatic rings. The fraction of sp³-hybridized carbons (Fsp3) is 0.647. The molecule has 21 heavy (non-hydrogen) atoms. The minimum Gasteiger partial charge on any atom is -0.389 e. The highest BCUT2D eigenvalue weighted by Crippen LogP contribution is 2.25. The molecular weight excluding hydrogens is 264 g/mol. The standard InChI is InChI=1S/C17H28N2O2/c1-13(2)21-12-16(20)11-19-10-15-7-5-6-8-17(15)18(4)9-14(19)3/h5-8,13-14,16,20H,9-12H2,1-4H3. The largest absolute Gasteiger partial charge is 0.389 e. The summed E-state index contributed by atoms with van der Waals surface area (Å²) in [6.45, 7) is 9.10. The number of β-amino-alcohol motifs (C(OH)–C–C–N with tert-alkyl or cyclic N) is 1. The van der Waals surface area contributed by atoms with Crippen LogP contribution in [-0.4, -0.2) is 55.0 Å². The van der Waals surface area contributed by atoms with Crippen LogP contribution < -0.4 is 4.90 Å². The van der Waals surface area contributed by atoms with Gasteiger partial charge in [-0.1, -0.05) is 18.2 Å². The third-order valence-corrected chi connectivity index (χ3v) is 4.00. The molecule has 0 fully saturated rings. The SMILES string of the molecule is CC(C)OCC(O)CN1Cc2ccccc2N(C)CC1C. The van der Waals surface area contributed by atoms with Crippen LogP contribution in [0.5, 0.6) is 0 Å². The van der Waals surface area contributed by atoms with Gasteiger partial charge >= 0.3 is 0 Å². The fourth-order valence-corrected chi connectivity index (χ4v) is 2.87. The fourth-order valence-electron chi connectivity index (χ4n) is 2.87. The van der Waals surface area contributed by atoms with Crippen molar-refractivity contribution in [3.05, 3.63) is 29.8 Å². The van der Waals surface area contributed by atoms with Crippen molar-refractivity contribution in [3.63, 3.8) is 0 Å². The van der Waals surface area contributed by atoms with Crippen molar-refractivity contribution in [2.24, 2.45) is 0 Å². The third kappa shape index (κ3) is 4.43. The molecule has 0 radical (unpaired) electrons. The van der Waals surface area contributed by atoms with Crippen molar-refractivity contribution in [1.82, 2.24) is 4.90 Å². The monoisotopic (exact) mass is 292 g/mol. The summed E-state index contributed by atoms with van der Waals surface area (Å²) in [5, 5.41) is 10.2. The maximum Gasteiger partial charge on any atom is 0.0900 e. The van der Waals surface area contributed by atoms with E-state index in [1.165, 1.54) is 11.3 Å². The van der Waals surface area contributed by atoms with E-state index in [1.807, 2.05) is 13.8 Å². The summed E-state index contributed by atoms with van der Waals surface area (Å²) >= 11 is 0. The number of rotatable bonds is 5. The van der Waals surface area contributed by atoms with Gasteiger partial charge in [-0.15, -0.1) is 0 Å². The molecule has 0 saturated carbocycles. The van der Waals surface area contributed by atoms with Gasteiger partial charge in [0, 0.05) is 38.4 Å². The molecule has 0 aromatic heterocycles. The van der Waals surface area contributed by atoms with Gasteiger partial charge in [-0.3, -0.25) is 4.90 Å². The Morgan fingerprint density at radius 2 is 2.05 bits per heavy atom. The van der Waals surface area contributed by atoms with Crippen molar-refractivity contribution in [2.75, 3.05) is 31.6 Å². The van der Waals surface area contributed by atoms with Crippen molar-refractivity contribution in [2.45, 2.75) is 45.6 Å². The van der Waals surface area contributed by atoms with Gasteiger partial charge in [0.15, 0.2) is 0 Å². The predicted molar refractivity (Wildman–Crippen MR) is 86.7 cm³/mol. The molecule has 0 aliphatic carbocycles. The molecule has 1 aromatic rings. The van der Waals surface area contributed by atoms with Crippen molar-refractivity contribution < 1.29 is 9.84 Å². The first-order chi connectivity index (χ1) is 9.97. The first-order valence-corrected chi connectivity index (χ1v) is 7.80. The Morgan fingerprint density at radius 1 is 1.33 bits per heavy atom. The number of anilines is 1. The van der Waals surface area contributed by atoms with E-state index in [-0.39, 0.29) is 6.10 Å². The number of ether oxygens (including phenoxy) is 1. The molecule has 118 valence electrons. The zero-order chi connectivity index (χ0) is 15.4. The highest BCUT2D eigenvalue weighted by molar-refractivity contribution is 5.53. The number of likely N-dealkylation sites (N-methyl/N-ethyl adjacent to an activating group) is 1. The number of para-hydroxylation sites is 1. The average molecular weight is 292 g/mol. The lowest BCUT2D eigenvalue weighted by molar-refractivity contribution is -0.0138. The summed E-state index contributed by atoms with van der Waals surface area (Å²) in [5.74, 6) is 0. The number of aliphatic hydroxyl groups excluding tert-OH is 1. The van der Waals surface area contributed by atoms with E-state index in [9.17, 15) is 5.11 Å². The Kier molecular flexibility index (Phi) is 5.62. The highest BCUT2D eigenvalue weighted by Gasteiger charge is 2.24. The minimum absolute atomic E-state index is 0.160. The van der Waals surface area contributed by atoms with Crippen LogP contribution in [0.3, 0.4) is 0 Å². The van der Waals surface area contributed by atoms with Crippen LogP contribution in [0.25, 0.3) is 0 Å². The Bertz CT molecular complexity index is 450. The zero-order valence-corrected chi connectivity index (χ0v) is 13.6. The van der Waals surface area contributed by atoms with Crippen LogP contribution >= 0.6 is 0 Å². The van der Waals surface area contributed by atoms with E-state index < -0.39 is 6.10 Å². The molecule has 2 atom stereocenters. The molecule has 0 amide bonds. The maximum absolute atomic E-state index is 10.2. The summed E-state index contributed by atoms with van der Waals surface area (Å²) in [4.78, 5) is 4.65. The Labute approximate surface area is 128 Å². The number of nitrogens with zero attached hydrogens (tertiary/aromatic N) is 2. The van der Waals surface area contributed by atoms with Crippen LogP contribution in [0.1, 0.15) is 26.3 Å². The van der Waals surface area contributed by atoms with Gasteiger partial charge in [0.05, 0.1) is 18.8 Å². The second-order valence-electron chi connectivity index (χ2n) is 6.32. The van der Waals surface area contributed by atoms with Crippen molar-refractivity contribution in [1.29, 1.82) is 0 Å². The summed E-state index contributed by atoms with van der Waals surface area (Å²) in [5.41, 5.74) is 2.61. The molecule has 0 spiro atoms. The molecule has 4 nitrogen and oxygen atoms in total. The highest BCUT2D eigenvalue weighted by atomic mass is 16.5. The van der Waals surface area contributed by atoms with Crippen molar-refractivity contribution >= 4 is 5.69 Å². The summed E-state index contributed by atoms with van der Waals surface area (Å²) < 4.78 is 5.52. The third-order valence-electron chi connectivity index (χ3n) is 4.00. The van der Waals surface area contributed by atoms with E-state index in [4.69, 9.17) is 4.74 Å². The van der Waals surface area contributed by atoms with E-state index in [0.29, 0.717) is 19.2 Å². The molecular formula is C17H28N2O2. The second-order valence-corrected chi connectivity index (χ2v) is 6.32. The minimum atomic E-state index is -0.439. The van der Waals surface area contributed by atoms with E-state index in [1.54, 1.807) is 0 Å².